The SMILES string of the molecule is Cc1cccc(C(NN)C2CCCO2)c1. The van der Waals surface area contributed by atoms with Crippen LogP contribution in [-0.2, 0) is 4.74 Å². The Hall–Kier alpha value is -0.900. The number of ether oxygens (including phenoxy) is 1. The fourth-order valence-corrected chi connectivity index (χ4v) is 2.15. The van der Waals surface area contributed by atoms with Crippen LogP contribution >= 0.6 is 0 Å². The minimum absolute atomic E-state index is 0.118. The Kier molecular flexibility index (Phi) is 3.36. The molecule has 3 heteroatoms. The number of nitrogens with two attached hydrogens (primary N) is 1. The first-order chi connectivity index (χ1) is 7.31. The van der Waals surface area contributed by atoms with E-state index in [-0.39, 0.29) is 12.1 Å². The van der Waals surface area contributed by atoms with E-state index in [1.165, 1.54) is 11.1 Å². The summed E-state index contributed by atoms with van der Waals surface area (Å²) in [6.07, 6.45) is 2.44. The standard InChI is InChI=1S/C12H18N2O/c1-9-4-2-5-10(8-9)12(14-13)11-6-3-7-15-11/h2,4-5,8,11-12,14H,3,6-7,13H2,1H3. The number of nitrogens with one attached hydrogen (secondary N) is 1. The first-order valence-corrected chi connectivity index (χ1v) is 5.45. The number of hydrogen-bond acceptors (Lipinski definition) is 3. The molecule has 0 radical (unpaired) electrons. The Morgan fingerprint density at radius 2 is 2.40 bits per heavy atom. The molecule has 3 nitrogen and oxygen atoms in total. The molecule has 0 bridgehead atoms. The monoisotopic (exact) mass is 206 g/mol. The largest absolute Gasteiger partial charge is 0.376 e. The van der Waals surface area contributed by atoms with Gasteiger partial charge in [0.05, 0.1) is 12.1 Å². The molecule has 0 aliphatic carbocycles. The van der Waals surface area contributed by atoms with Gasteiger partial charge in [-0.1, -0.05) is 29.8 Å². The highest BCUT2D eigenvalue weighted by Gasteiger charge is 2.26. The Bertz CT molecular complexity index is 321. The Balaban J connectivity index is 2.18. The van der Waals surface area contributed by atoms with Crippen molar-refractivity contribution in [1.82, 2.24) is 5.43 Å². The fourth-order valence-electron chi connectivity index (χ4n) is 2.15. The van der Waals surface area contributed by atoms with Crippen LogP contribution in [0.1, 0.15) is 30.0 Å². The highest BCUT2D eigenvalue weighted by molar-refractivity contribution is 5.26. The second-order valence-corrected chi connectivity index (χ2v) is 4.11. The van der Waals surface area contributed by atoms with Gasteiger partial charge in [-0.15, -0.1) is 0 Å². The maximum Gasteiger partial charge on any atom is 0.0783 e. The topological polar surface area (TPSA) is 47.3 Å². The molecule has 1 heterocycles. The zero-order chi connectivity index (χ0) is 10.7. The molecule has 0 saturated carbocycles. The Morgan fingerprint density at radius 3 is 3.00 bits per heavy atom. The van der Waals surface area contributed by atoms with E-state index < -0.39 is 0 Å². The lowest BCUT2D eigenvalue weighted by atomic mass is 9.98. The second-order valence-electron chi connectivity index (χ2n) is 4.11. The molecule has 0 spiro atoms. The van der Waals surface area contributed by atoms with Crippen molar-refractivity contribution in [2.24, 2.45) is 5.84 Å². The summed E-state index contributed by atoms with van der Waals surface area (Å²) in [6.45, 7) is 2.95. The van der Waals surface area contributed by atoms with Gasteiger partial charge in [0, 0.05) is 6.61 Å². The zero-order valence-electron chi connectivity index (χ0n) is 9.07. The molecular weight excluding hydrogens is 188 g/mol. The zero-order valence-corrected chi connectivity index (χ0v) is 9.07. The van der Waals surface area contributed by atoms with Crippen LogP contribution in [0.25, 0.3) is 0 Å². The van der Waals surface area contributed by atoms with Crippen molar-refractivity contribution in [3.8, 4) is 0 Å². The number of hydrazine groups is 1. The van der Waals surface area contributed by atoms with Gasteiger partial charge < -0.3 is 4.74 Å². The Morgan fingerprint density at radius 1 is 1.53 bits per heavy atom. The van der Waals surface area contributed by atoms with Crippen molar-refractivity contribution in [3.63, 3.8) is 0 Å². The van der Waals surface area contributed by atoms with Crippen molar-refractivity contribution < 1.29 is 4.74 Å². The lowest BCUT2D eigenvalue weighted by molar-refractivity contribution is 0.0783. The molecule has 0 amide bonds. The predicted octanol–water partition coefficient (Wildman–Crippen LogP) is 1.68. The summed E-state index contributed by atoms with van der Waals surface area (Å²) in [5, 5.41) is 0. The van der Waals surface area contributed by atoms with Gasteiger partial charge in [0.1, 0.15) is 0 Å². The summed E-state index contributed by atoms with van der Waals surface area (Å²) in [4.78, 5) is 0. The van der Waals surface area contributed by atoms with Gasteiger partial charge in [-0.05, 0) is 25.3 Å². The number of aryl methyl sites for hydroxylation is 1. The third kappa shape index (κ3) is 2.37. The van der Waals surface area contributed by atoms with Crippen LogP contribution in [0, 0.1) is 6.92 Å². The van der Waals surface area contributed by atoms with E-state index in [0.29, 0.717) is 0 Å². The quantitative estimate of drug-likeness (QED) is 0.584. The summed E-state index contributed by atoms with van der Waals surface area (Å²) in [5.41, 5.74) is 5.33. The molecule has 2 unspecified atom stereocenters. The lowest BCUT2D eigenvalue weighted by Crippen LogP contribution is -2.36. The number of rotatable bonds is 3. The molecule has 82 valence electrons. The number of hydrogen-bond donors (Lipinski definition) is 2. The summed E-state index contributed by atoms with van der Waals surface area (Å²) in [5.74, 6) is 5.60. The van der Waals surface area contributed by atoms with Gasteiger partial charge in [0.2, 0.25) is 0 Å². The summed E-state index contributed by atoms with van der Waals surface area (Å²) in [6, 6.07) is 8.52. The second kappa shape index (κ2) is 4.75. The molecule has 1 fully saturated rings. The summed E-state index contributed by atoms with van der Waals surface area (Å²) >= 11 is 0. The van der Waals surface area contributed by atoms with Gasteiger partial charge in [-0.2, -0.15) is 0 Å². The average molecular weight is 206 g/mol. The highest BCUT2D eigenvalue weighted by Crippen LogP contribution is 2.26. The van der Waals surface area contributed by atoms with E-state index in [1.807, 2.05) is 0 Å². The molecule has 1 aliphatic heterocycles. The molecule has 15 heavy (non-hydrogen) atoms. The van der Waals surface area contributed by atoms with Crippen LogP contribution < -0.4 is 11.3 Å². The van der Waals surface area contributed by atoms with Gasteiger partial charge in [-0.25, -0.2) is 0 Å². The molecule has 2 atom stereocenters. The Labute approximate surface area is 90.6 Å². The number of benzene rings is 1. The van der Waals surface area contributed by atoms with Crippen molar-refractivity contribution in [2.45, 2.75) is 31.9 Å². The first-order valence-electron chi connectivity index (χ1n) is 5.45. The minimum atomic E-state index is 0.118. The molecule has 3 N–H and O–H groups in total. The van der Waals surface area contributed by atoms with E-state index in [2.05, 4.69) is 36.6 Å². The van der Waals surface area contributed by atoms with E-state index in [4.69, 9.17) is 10.6 Å². The van der Waals surface area contributed by atoms with Crippen molar-refractivity contribution >= 4 is 0 Å². The third-order valence-corrected chi connectivity index (χ3v) is 2.92. The van der Waals surface area contributed by atoms with Crippen LogP contribution in [0.2, 0.25) is 0 Å². The van der Waals surface area contributed by atoms with Crippen LogP contribution in [0.5, 0.6) is 0 Å². The third-order valence-electron chi connectivity index (χ3n) is 2.92. The van der Waals surface area contributed by atoms with Crippen LogP contribution in [-0.4, -0.2) is 12.7 Å². The normalized spacial score (nSPS) is 22.9. The van der Waals surface area contributed by atoms with Crippen LogP contribution in [0.4, 0.5) is 0 Å². The van der Waals surface area contributed by atoms with E-state index in [1.54, 1.807) is 0 Å². The maximum atomic E-state index is 5.66. The average Bonchev–Trinajstić information content (AvgIpc) is 2.72. The predicted molar refractivity (Wildman–Crippen MR) is 60.2 cm³/mol. The molecule has 1 saturated heterocycles. The molecule has 2 rings (SSSR count). The van der Waals surface area contributed by atoms with Crippen LogP contribution in [0.3, 0.4) is 0 Å². The van der Waals surface area contributed by atoms with Gasteiger partial charge in [0.25, 0.3) is 0 Å². The molecule has 0 aromatic heterocycles. The summed E-state index contributed by atoms with van der Waals surface area (Å²) < 4.78 is 5.66. The molecule has 1 aromatic rings. The molecule has 1 aliphatic rings. The molecular formula is C12H18N2O. The van der Waals surface area contributed by atoms with Gasteiger partial charge in [-0.3, -0.25) is 11.3 Å². The lowest BCUT2D eigenvalue weighted by Gasteiger charge is -2.22. The van der Waals surface area contributed by atoms with E-state index in [9.17, 15) is 0 Å². The van der Waals surface area contributed by atoms with E-state index >= 15 is 0 Å². The van der Waals surface area contributed by atoms with Crippen molar-refractivity contribution in [2.75, 3.05) is 6.61 Å². The van der Waals surface area contributed by atoms with E-state index in [0.717, 1.165) is 19.4 Å². The highest BCUT2D eigenvalue weighted by atomic mass is 16.5. The first kappa shape index (κ1) is 10.6. The van der Waals surface area contributed by atoms with Gasteiger partial charge in [0.15, 0.2) is 0 Å². The van der Waals surface area contributed by atoms with Crippen LogP contribution in [0.15, 0.2) is 24.3 Å². The molecule has 1 aromatic carbocycles. The minimum Gasteiger partial charge on any atom is -0.376 e. The summed E-state index contributed by atoms with van der Waals surface area (Å²) in [7, 11) is 0. The van der Waals surface area contributed by atoms with Crippen molar-refractivity contribution in [1.29, 1.82) is 0 Å². The maximum absolute atomic E-state index is 5.66. The van der Waals surface area contributed by atoms with Gasteiger partial charge >= 0.3 is 0 Å². The van der Waals surface area contributed by atoms with Crippen molar-refractivity contribution in [3.05, 3.63) is 35.4 Å². The fraction of sp³-hybridized carbons (Fsp3) is 0.500. The smallest absolute Gasteiger partial charge is 0.0783 e.